The highest BCUT2D eigenvalue weighted by molar-refractivity contribution is 5.95. The van der Waals surface area contributed by atoms with Gasteiger partial charge in [0.25, 0.3) is 0 Å². The van der Waals surface area contributed by atoms with Crippen LogP contribution in [0.15, 0.2) is 59.1 Å². The normalized spacial score (nSPS) is 10.5. The number of hydrogen-bond acceptors (Lipinski definition) is 6. The van der Waals surface area contributed by atoms with Gasteiger partial charge in [-0.15, -0.1) is 0 Å². The molecule has 32 heavy (non-hydrogen) atoms. The van der Waals surface area contributed by atoms with Gasteiger partial charge in [0.05, 0.1) is 32.6 Å². The molecule has 168 valence electrons. The molecule has 0 aliphatic rings. The maximum atomic E-state index is 12.6. The Morgan fingerprint density at radius 1 is 1.06 bits per heavy atom. The van der Waals surface area contributed by atoms with Gasteiger partial charge in [-0.05, 0) is 43.3 Å². The Morgan fingerprint density at radius 3 is 2.50 bits per heavy atom. The monoisotopic (exact) mass is 437 g/mol. The fourth-order valence-corrected chi connectivity index (χ4v) is 3.17. The molecule has 0 fully saturated rings. The summed E-state index contributed by atoms with van der Waals surface area (Å²) in [5.41, 5.74) is 1.44. The third-order valence-corrected chi connectivity index (χ3v) is 4.93. The van der Waals surface area contributed by atoms with Crippen molar-refractivity contribution in [2.45, 2.75) is 19.8 Å². The molecule has 3 rings (SSSR count). The quantitative estimate of drug-likeness (QED) is 0.519. The number of nitrogens with zero attached hydrogens (tertiary/aromatic N) is 2. The number of aryl methyl sites for hydroxylation is 1. The zero-order valence-electron chi connectivity index (χ0n) is 18.5. The van der Waals surface area contributed by atoms with Crippen molar-refractivity contribution in [2.75, 3.05) is 32.6 Å². The minimum absolute atomic E-state index is 0.0456. The maximum Gasteiger partial charge on any atom is 0.244 e. The van der Waals surface area contributed by atoms with E-state index in [1.807, 2.05) is 37.3 Å². The minimum Gasteiger partial charge on any atom is -0.497 e. The number of ether oxygens (including phenoxy) is 2. The maximum absolute atomic E-state index is 12.6. The molecule has 2 amide bonds. The number of carbonyl (C=O) groups excluding carboxylic acids is 2. The van der Waals surface area contributed by atoms with Crippen molar-refractivity contribution >= 4 is 17.5 Å². The Hall–Kier alpha value is -3.81. The van der Waals surface area contributed by atoms with Crippen molar-refractivity contribution in [1.82, 2.24) is 9.88 Å². The van der Waals surface area contributed by atoms with Gasteiger partial charge in [0, 0.05) is 24.9 Å². The molecule has 0 unspecified atom stereocenters. The fourth-order valence-electron chi connectivity index (χ4n) is 3.17. The van der Waals surface area contributed by atoms with Gasteiger partial charge in [-0.3, -0.25) is 9.59 Å². The summed E-state index contributed by atoms with van der Waals surface area (Å²) in [7, 11) is 3.15. The second-order valence-electron chi connectivity index (χ2n) is 7.00. The molecule has 0 aliphatic heterocycles. The lowest BCUT2D eigenvalue weighted by molar-refractivity contribution is -0.134. The number of aromatic nitrogens is 1. The lowest BCUT2D eigenvalue weighted by Gasteiger charge is -2.20. The van der Waals surface area contributed by atoms with E-state index in [1.165, 1.54) is 12.0 Å². The lowest BCUT2D eigenvalue weighted by Crippen LogP contribution is -2.38. The summed E-state index contributed by atoms with van der Waals surface area (Å²) in [6.45, 7) is 2.21. The number of para-hydroxylation sites is 2. The highest BCUT2D eigenvalue weighted by Crippen LogP contribution is 2.24. The summed E-state index contributed by atoms with van der Waals surface area (Å²) in [5.74, 6) is 1.98. The standard InChI is InChI=1S/C24H27N3O5/c1-4-27(16-22(28)26-19-7-5-6-8-20(19)31-3)24(29)14-13-23-25-15-21(32-23)17-9-11-18(30-2)12-10-17/h5-12,15H,4,13-14,16H2,1-3H3,(H,26,28). The molecule has 1 aromatic heterocycles. The minimum atomic E-state index is -0.289. The molecule has 0 atom stereocenters. The average molecular weight is 437 g/mol. The van der Waals surface area contributed by atoms with Crippen LogP contribution in [0.2, 0.25) is 0 Å². The summed E-state index contributed by atoms with van der Waals surface area (Å²) in [6.07, 6.45) is 2.18. The van der Waals surface area contributed by atoms with Crippen LogP contribution in [-0.4, -0.2) is 49.0 Å². The molecule has 3 aromatic rings. The fraction of sp³-hybridized carbons (Fsp3) is 0.292. The number of carbonyl (C=O) groups is 2. The average Bonchev–Trinajstić information content (AvgIpc) is 3.30. The third-order valence-electron chi connectivity index (χ3n) is 4.93. The Labute approximate surface area is 187 Å². The Kier molecular flexibility index (Phi) is 7.85. The van der Waals surface area contributed by atoms with Crippen LogP contribution in [-0.2, 0) is 16.0 Å². The summed E-state index contributed by atoms with van der Waals surface area (Å²) < 4.78 is 16.2. The van der Waals surface area contributed by atoms with E-state index >= 15 is 0 Å². The molecule has 0 saturated carbocycles. The van der Waals surface area contributed by atoms with E-state index in [-0.39, 0.29) is 24.8 Å². The molecule has 0 saturated heterocycles. The number of nitrogens with one attached hydrogen (secondary N) is 1. The molecule has 0 radical (unpaired) electrons. The van der Waals surface area contributed by atoms with Crippen LogP contribution in [0.4, 0.5) is 5.69 Å². The van der Waals surface area contributed by atoms with E-state index in [2.05, 4.69) is 10.3 Å². The summed E-state index contributed by atoms with van der Waals surface area (Å²) in [4.78, 5) is 30.8. The number of oxazole rings is 1. The number of amides is 2. The topological polar surface area (TPSA) is 93.9 Å². The van der Waals surface area contributed by atoms with Crippen LogP contribution in [0, 0.1) is 0 Å². The van der Waals surface area contributed by atoms with Gasteiger partial charge in [0.2, 0.25) is 11.8 Å². The first-order chi connectivity index (χ1) is 15.5. The van der Waals surface area contributed by atoms with Crippen molar-refractivity contribution < 1.29 is 23.5 Å². The van der Waals surface area contributed by atoms with Crippen LogP contribution < -0.4 is 14.8 Å². The number of rotatable bonds is 10. The lowest BCUT2D eigenvalue weighted by atomic mass is 10.2. The van der Waals surface area contributed by atoms with E-state index in [0.29, 0.717) is 36.1 Å². The number of anilines is 1. The predicted molar refractivity (Wildman–Crippen MR) is 121 cm³/mol. The molecule has 8 heteroatoms. The molecule has 0 bridgehead atoms. The van der Waals surface area contributed by atoms with Crippen molar-refractivity contribution in [3.63, 3.8) is 0 Å². The Morgan fingerprint density at radius 2 is 1.81 bits per heavy atom. The zero-order valence-corrected chi connectivity index (χ0v) is 18.5. The van der Waals surface area contributed by atoms with Gasteiger partial charge >= 0.3 is 0 Å². The second-order valence-corrected chi connectivity index (χ2v) is 7.00. The molecule has 1 N–H and O–H groups in total. The van der Waals surface area contributed by atoms with Crippen molar-refractivity contribution in [3.8, 4) is 22.8 Å². The van der Waals surface area contributed by atoms with Crippen LogP contribution in [0.25, 0.3) is 11.3 Å². The number of benzene rings is 2. The van der Waals surface area contributed by atoms with Crippen LogP contribution in [0.5, 0.6) is 11.5 Å². The van der Waals surface area contributed by atoms with Gasteiger partial charge in [0.1, 0.15) is 11.5 Å². The van der Waals surface area contributed by atoms with Gasteiger partial charge in [-0.2, -0.15) is 0 Å². The third kappa shape index (κ3) is 5.87. The van der Waals surface area contributed by atoms with E-state index in [1.54, 1.807) is 31.5 Å². The molecule has 1 heterocycles. The summed E-state index contributed by atoms with van der Waals surface area (Å²) >= 11 is 0. The molecular formula is C24H27N3O5. The first kappa shape index (κ1) is 22.9. The molecule has 8 nitrogen and oxygen atoms in total. The summed E-state index contributed by atoms with van der Waals surface area (Å²) in [5, 5.41) is 2.79. The van der Waals surface area contributed by atoms with E-state index in [0.717, 1.165) is 11.3 Å². The molecule has 2 aromatic carbocycles. The number of hydrogen-bond donors (Lipinski definition) is 1. The SMILES string of the molecule is CCN(CC(=O)Nc1ccccc1OC)C(=O)CCc1ncc(-c2ccc(OC)cc2)o1. The number of likely N-dealkylation sites (N-methyl/N-ethyl adjacent to an activating group) is 1. The first-order valence-electron chi connectivity index (χ1n) is 10.3. The van der Waals surface area contributed by atoms with E-state index in [4.69, 9.17) is 13.9 Å². The van der Waals surface area contributed by atoms with Gasteiger partial charge in [-0.1, -0.05) is 12.1 Å². The van der Waals surface area contributed by atoms with Crippen molar-refractivity contribution in [3.05, 3.63) is 60.6 Å². The highest BCUT2D eigenvalue weighted by atomic mass is 16.5. The van der Waals surface area contributed by atoms with E-state index < -0.39 is 0 Å². The highest BCUT2D eigenvalue weighted by Gasteiger charge is 2.18. The predicted octanol–water partition coefficient (Wildman–Crippen LogP) is 3.78. The second kappa shape index (κ2) is 11.0. The van der Waals surface area contributed by atoms with Crippen molar-refractivity contribution in [2.24, 2.45) is 0 Å². The Bertz CT molecular complexity index is 1050. The largest absolute Gasteiger partial charge is 0.497 e. The first-order valence-corrected chi connectivity index (χ1v) is 10.3. The number of methoxy groups -OCH3 is 2. The van der Waals surface area contributed by atoms with Gasteiger partial charge < -0.3 is 24.1 Å². The zero-order chi connectivity index (χ0) is 22.9. The van der Waals surface area contributed by atoms with Crippen LogP contribution in [0.3, 0.4) is 0 Å². The molecule has 0 spiro atoms. The van der Waals surface area contributed by atoms with Gasteiger partial charge in [-0.25, -0.2) is 4.98 Å². The van der Waals surface area contributed by atoms with Crippen LogP contribution in [0.1, 0.15) is 19.2 Å². The molecular weight excluding hydrogens is 410 g/mol. The van der Waals surface area contributed by atoms with Crippen molar-refractivity contribution in [1.29, 1.82) is 0 Å². The molecule has 0 aliphatic carbocycles. The van der Waals surface area contributed by atoms with Crippen LogP contribution >= 0.6 is 0 Å². The van der Waals surface area contributed by atoms with E-state index in [9.17, 15) is 9.59 Å². The summed E-state index contributed by atoms with van der Waals surface area (Å²) in [6, 6.07) is 14.6. The smallest absolute Gasteiger partial charge is 0.244 e. The van der Waals surface area contributed by atoms with Gasteiger partial charge in [0.15, 0.2) is 11.7 Å². The Balaban J connectivity index is 1.53.